The molecule has 0 fully saturated rings. The fourth-order valence-corrected chi connectivity index (χ4v) is 3.05. The lowest BCUT2D eigenvalue weighted by molar-refractivity contribution is -0.116. The zero-order valence-corrected chi connectivity index (χ0v) is 13.6. The second-order valence-electron chi connectivity index (χ2n) is 5.04. The largest absolute Gasteiger partial charge is 0.330 e. The van der Waals surface area contributed by atoms with Gasteiger partial charge in [0.05, 0.1) is 10.6 Å². The number of nitrogens with two attached hydrogens (primary N) is 1. The molecule has 0 radical (unpaired) electrons. The number of amides is 1. The molecule has 0 atom stereocenters. The van der Waals surface area contributed by atoms with E-state index in [9.17, 15) is 13.2 Å². The third-order valence-electron chi connectivity index (χ3n) is 3.19. The van der Waals surface area contributed by atoms with Gasteiger partial charge in [0.1, 0.15) is 0 Å². The van der Waals surface area contributed by atoms with Crippen LogP contribution >= 0.6 is 0 Å². The van der Waals surface area contributed by atoms with Crippen molar-refractivity contribution < 1.29 is 13.2 Å². The Morgan fingerprint density at radius 1 is 1.13 bits per heavy atom. The minimum atomic E-state index is -3.66. The smallest absolute Gasteiger partial charge is 0.261 e. The highest BCUT2D eigenvalue weighted by atomic mass is 32.2. The Morgan fingerprint density at radius 3 is 2.48 bits per heavy atom. The van der Waals surface area contributed by atoms with Crippen LogP contribution in [0.15, 0.2) is 53.4 Å². The van der Waals surface area contributed by atoms with Crippen LogP contribution in [-0.4, -0.2) is 20.9 Å². The topological polar surface area (TPSA) is 101 Å². The number of aryl methyl sites for hydroxylation is 1. The molecule has 0 aliphatic heterocycles. The normalized spacial score (nSPS) is 11.0. The number of anilines is 2. The summed E-state index contributed by atoms with van der Waals surface area (Å²) in [5, 5.41) is 2.72. The van der Waals surface area contributed by atoms with E-state index in [1.807, 2.05) is 6.92 Å². The van der Waals surface area contributed by atoms with Crippen LogP contribution < -0.4 is 15.8 Å². The summed E-state index contributed by atoms with van der Waals surface area (Å²) >= 11 is 0. The first kappa shape index (κ1) is 17.0. The van der Waals surface area contributed by atoms with Crippen LogP contribution in [-0.2, 0) is 14.8 Å². The predicted octanol–water partition coefficient (Wildman–Crippen LogP) is 2.08. The van der Waals surface area contributed by atoms with Crippen molar-refractivity contribution in [2.24, 2.45) is 5.73 Å². The van der Waals surface area contributed by atoms with Gasteiger partial charge >= 0.3 is 0 Å². The van der Waals surface area contributed by atoms with Gasteiger partial charge in [-0.05, 0) is 36.8 Å². The molecule has 6 nitrogen and oxygen atoms in total. The van der Waals surface area contributed by atoms with Gasteiger partial charge in [-0.25, -0.2) is 8.42 Å². The zero-order valence-electron chi connectivity index (χ0n) is 12.7. The first-order valence-corrected chi connectivity index (χ1v) is 8.59. The Bertz CT molecular complexity index is 789. The van der Waals surface area contributed by atoms with E-state index in [1.54, 1.807) is 36.4 Å². The Balaban J connectivity index is 2.23. The Kier molecular flexibility index (Phi) is 5.36. The van der Waals surface area contributed by atoms with Gasteiger partial charge in [0.25, 0.3) is 10.0 Å². The third-order valence-corrected chi connectivity index (χ3v) is 4.59. The molecule has 7 heteroatoms. The van der Waals surface area contributed by atoms with Crippen LogP contribution in [0.3, 0.4) is 0 Å². The highest BCUT2D eigenvalue weighted by molar-refractivity contribution is 7.92. The molecule has 0 unspecified atom stereocenters. The Labute approximate surface area is 135 Å². The summed E-state index contributed by atoms with van der Waals surface area (Å²) in [4.78, 5) is 11.8. The number of rotatable bonds is 6. The van der Waals surface area contributed by atoms with E-state index >= 15 is 0 Å². The molecule has 0 aliphatic carbocycles. The monoisotopic (exact) mass is 333 g/mol. The van der Waals surface area contributed by atoms with Crippen LogP contribution in [0.1, 0.15) is 12.0 Å². The lowest BCUT2D eigenvalue weighted by Crippen LogP contribution is -2.17. The number of carbonyl (C=O) groups excluding carboxylic acids is 1. The molecule has 0 heterocycles. The fraction of sp³-hybridized carbons (Fsp3) is 0.188. The molecule has 0 aliphatic rings. The minimum absolute atomic E-state index is 0.175. The van der Waals surface area contributed by atoms with Gasteiger partial charge in [0.15, 0.2) is 0 Å². The summed E-state index contributed by atoms with van der Waals surface area (Å²) in [6, 6.07) is 13.1. The molecule has 2 aromatic carbocycles. The number of sulfonamides is 1. The van der Waals surface area contributed by atoms with Gasteiger partial charge in [-0.15, -0.1) is 0 Å². The number of hydrogen-bond acceptors (Lipinski definition) is 4. The zero-order chi connectivity index (χ0) is 16.9. The molecule has 0 saturated carbocycles. The second kappa shape index (κ2) is 7.26. The van der Waals surface area contributed by atoms with Crippen molar-refractivity contribution in [1.29, 1.82) is 0 Å². The lowest BCUT2D eigenvalue weighted by Gasteiger charge is -2.12. The SMILES string of the molecule is Cc1ccc(NS(=O)(=O)c2ccccc2)cc1NC(=O)CCN. The third kappa shape index (κ3) is 4.54. The summed E-state index contributed by atoms with van der Waals surface area (Å²) < 4.78 is 27.1. The van der Waals surface area contributed by atoms with Crippen molar-refractivity contribution in [2.45, 2.75) is 18.2 Å². The number of hydrogen-bond donors (Lipinski definition) is 3. The van der Waals surface area contributed by atoms with E-state index in [4.69, 9.17) is 5.73 Å². The molecule has 1 amide bonds. The summed E-state index contributed by atoms with van der Waals surface area (Å²) in [5.41, 5.74) is 7.11. The molecular weight excluding hydrogens is 314 g/mol. The quantitative estimate of drug-likeness (QED) is 0.753. The molecule has 0 spiro atoms. The first-order valence-electron chi connectivity index (χ1n) is 7.11. The molecule has 122 valence electrons. The van der Waals surface area contributed by atoms with Crippen LogP contribution in [0, 0.1) is 6.92 Å². The van der Waals surface area contributed by atoms with E-state index in [0.29, 0.717) is 11.4 Å². The maximum absolute atomic E-state index is 12.3. The van der Waals surface area contributed by atoms with Crippen LogP contribution in [0.5, 0.6) is 0 Å². The van der Waals surface area contributed by atoms with Gasteiger partial charge in [-0.3, -0.25) is 9.52 Å². The number of nitrogens with one attached hydrogen (secondary N) is 2. The van der Waals surface area contributed by atoms with E-state index in [-0.39, 0.29) is 23.8 Å². The maximum atomic E-state index is 12.3. The summed E-state index contributed by atoms with van der Waals surface area (Å²) in [6.07, 6.45) is 0.208. The first-order chi connectivity index (χ1) is 10.9. The van der Waals surface area contributed by atoms with E-state index in [2.05, 4.69) is 10.0 Å². The van der Waals surface area contributed by atoms with Crippen molar-refractivity contribution >= 4 is 27.3 Å². The molecule has 0 aromatic heterocycles. The van der Waals surface area contributed by atoms with Crippen molar-refractivity contribution in [3.63, 3.8) is 0 Å². The molecule has 4 N–H and O–H groups in total. The number of carbonyl (C=O) groups is 1. The molecule has 23 heavy (non-hydrogen) atoms. The van der Waals surface area contributed by atoms with E-state index < -0.39 is 10.0 Å². The Hall–Kier alpha value is -2.38. The summed E-state index contributed by atoms with van der Waals surface area (Å²) in [6.45, 7) is 2.08. The molecular formula is C16H19N3O3S. The molecule has 2 rings (SSSR count). The van der Waals surface area contributed by atoms with Gasteiger partial charge in [0.2, 0.25) is 5.91 Å². The minimum Gasteiger partial charge on any atom is -0.330 e. The standard InChI is InChI=1S/C16H19N3O3S/c1-12-7-8-13(11-15(12)18-16(20)9-10-17)19-23(21,22)14-5-3-2-4-6-14/h2-8,11,19H,9-10,17H2,1H3,(H,18,20). The highest BCUT2D eigenvalue weighted by Crippen LogP contribution is 2.23. The van der Waals surface area contributed by atoms with Crippen molar-refractivity contribution in [1.82, 2.24) is 0 Å². The van der Waals surface area contributed by atoms with Crippen LogP contribution in [0.4, 0.5) is 11.4 Å². The highest BCUT2D eigenvalue weighted by Gasteiger charge is 2.14. The van der Waals surface area contributed by atoms with Crippen molar-refractivity contribution in [2.75, 3.05) is 16.6 Å². The number of benzene rings is 2. The predicted molar refractivity (Wildman–Crippen MR) is 90.7 cm³/mol. The van der Waals surface area contributed by atoms with E-state index in [1.165, 1.54) is 12.1 Å². The lowest BCUT2D eigenvalue weighted by atomic mass is 10.2. The average Bonchev–Trinajstić information content (AvgIpc) is 2.51. The molecule has 2 aromatic rings. The van der Waals surface area contributed by atoms with Crippen molar-refractivity contribution in [3.05, 3.63) is 54.1 Å². The van der Waals surface area contributed by atoms with Crippen LogP contribution in [0.25, 0.3) is 0 Å². The fourth-order valence-electron chi connectivity index (χ4n) is 1.98. The summed E-state index contributed by atoms with van der Waals surface area (Å²) in [5.74, 6) is -0.210. The molecule has 0 saturated heterocycles. The van der Waals surface area contributed by atoms with E-state index in [0.717, 1.165) is 5.56 Å². The maximum Gasteiger partial charge on any atom is 0.261 e. The summed E-state index contributed by atoms with van der Waals surface area (Å²) in [7, 11) is -3.66. The van der Waals surface area contributed by atoms with Gasteiger partial charge in [0, 0.05) is 18.7 Å². The molecule has 0 bridgehead atoms. The van der Waals surface area contributed by atoms with Gasteiger partial charge < -0.3 is 11.1 Å². The average molecular weight is 333 g/mol. The van der Waals surface area contributed by atoms with Crippen molar-refractivity contribution in [3.8, 4) is 0 Å². The Morgan fingerprint density at radius 2 is 1.83 bits per heavy atom. The van der Waals surface area contributed by atoms with Crippen LogP contribution in [0.2, 0.25) is 0 Å². The van der Waals surface area contributed by atoms with Gasteiger partial charge in [-0.1, -0.05) is 24.3 Å². The van der Waals surface area contributed by atoms with Gasteiger partial charge in [-0.2, -0.15) is 0 Å². The second-order valence-corrected chi connectivity index (χ2v) is 6.72.